The molecule has 0 fully saturated rings. The van der Waals surface area contributed by atoms with Crippen molar-refractivity contribution in [2.75, 3.05) is 0 Å². The summed E-state index contributed by atoms with van der Waals surface area (Å²) in [6, 6.07) is 11.8. The van der Waals surface area contributed by atoms with E-state index in [1.54, 1.807) is 6.08 Å². The molecule has 0 aliphatic carbocycles. The molecule has 1 heterocycles. The number of nitriles is 2. The fourth-order valence-electron chi connectivity index (χ4n) is 1.32. The summed E-state index contributed by atoms with van der Waals surface area (Å²) in [5.41, 5.74) is 1.07. The van der Waals surface area contributed by atoms with Crippen LogP contribution in [0.15, 0.2) is 34.8 Å². The summed E-state index contributed by atoms with van der Waals surface area (Å²) in [7, 11) is 0. The van der Waals surface area contributed by atoms with Gasteiger partial charge in [-0.15, -0.1) is 0 Å². The molecular formula is C12H6N2Se. The van der Waals surface area contributed by atoms with Crippen molar-refractivity contribution < 1.29 is 0 Å². The van der Waals surface area contributed by atoms with Crippen LogP contribution in [0.1, 0.15) is 5.56 Å². The molecule has 70 valence electrons. The van der Waals surface area contributed by atoms with Crippen LogP contribution in [0, 0.1) is 22.7 Å². The number of rotatable bonds is 1. The predicted molar refractivity (Wildman–Crippen MR) is 60.1 cm³/mol. The molecule has 1 aromatic heterocycles. The van der Waals surface area contributed by atoms with Crippen molar-refractivity contribution in [2.45, 2.75) is 0 Å². The van der Waals surface area contributed by atoms with Gasteiger partial charge in [-0.25, -0.2) is 0 Å². The van der Waals surface area contributed by atoms with Crippen molar-refractivity contribution in [1.82, 2.24) is 0 Å². The summed E-state index contributed by atoms with van der Waals surface area (Å²) in [6.07, 6.45) is 1.62. The first-order chi connectivity index (χ1) is 7.33. The van der Waals surface area contributed by atoms with Gasteiger partial charge in [0.2, 0.25) is 0 Å². The second kappa shape index (κ2) is 4.15. The average molecular weight is 257 g/mol. The molecule has 0 saturated carbocycles. The maximum absolute atomic E-state index is 8.63. The Labute approximate surface area is 93.4 Å². The van der Waals surface area contributed by atoms with Crippen molar-refractivity contribution in [1.29, 1.82) is 10.5 Å². The first kappa shape index (κ1) is 9.74. The minimum atomic E-state index is 0.147. The van der Waals surface area contributed by atoms with Crippen molar-refractivity contribution in [2.24, 2.45) is 0 Å². The van der Waals surface area contributed by atoms with Crippen LogP contribution in [0.4, 0.5) is 0 Å². The molecule has 0 radical (unpaired) electrons. The molecule has 0 spiro atoms. The van der Waals surface area contributed by atoms with Gasteiger partial charge in [-0.1, -0.05) is 0 Å². The van der Waals surface area contributed by atoms with Gasteiger partial charge in [0, 0.05) is 0 Å². The third-order valence-electron chi connectivity index (χ3n) is 2.03. The molecule has 2 rings (SSSR count). The van der Waals surface area contributed by atoms with E-state index in [4.69, 9.17) is 10.5 Å². The van der Waals surface area contributed by atoms with E-state index >= 15 is 0 Å². The van der Waals surface area contributed by atoms with Crippen molar-refractivity contribution in [3.05, 3.63) is 40.3 Å². The molecule has 0 unspecified atom stereocenters. The Kier molecular flexibility index (Phi) is 2.70. The Morgan fingerprint density at radius 1 is 1.20 bits per heavy atom. The number of hydrogen-bond acceptors (Lipinski definition) is 2. The van der Waals surface area contributed by atoms with Crippen LogP contribution >= 0.6 is 0 Å². The van der Waals surface area contributed by atoms with Gasteiger partial charge in [-0.2, -0.15) is 0 Å². The topological polar surface area (TPSA) is 47.6 Å². The molecule has 2 nitrogen and oxygen atoms in total. The summed E-state index contributed by atoms with van der Waals surface area (Å²) in [5, 5.41) is 18.5. The Hall–Kier alpha value is -1.80. The molecule has 0 saturated heterocycles. The van der Waals surface area contributed by atoms with Gasteiger partial charge in [-0.3, -0.25) is 0 Å². The molecular weight excluding hydrogens is 251 g/mol. The third-order valence-corrected chi connectivity index (χ3v) is 3.88. The summed E-state index contributed by atoms with van der Waals surface area (Å²) >= 11 is 0.401. The molecule has 0 bridgehead atoms. The number of nitrogens with zero attached hydrogens (tertiary/aromatic N) is 2. The molecule has 15 heavy (non-hydrogen) atoms. The molecule has 0 aliphatic heterocycles. The van der Waals surface area contributed by atoms with E-state index in [1.165, 1.54) is 9.65 Å². The van der Waals surface area contributed by atoms with Crippen LogP contribution < -0.4 is 0 Å². The first-order valence-corrected chi connectivity index (χ1v) is 6.17. The summed E-state index contributed by atoms with van der Waals surface area (Å²) in [6.45, 7) is 0. The normalized spacial score (nSPS) is 9.20. The van der Waals surface area contributed by atoms with Gasteiger partial charge < -0.3 is 0 Å². The molecule has 0 atom stereocenters. The fraction of sp³-hybridized carbons (Fsp3) is 0. The van der Waals surface area contributed by atoms with E-state index in [2.05, 4.69) is 11.0 Å². The molecule has 1 aromatic carbocycles. The summed E-state index contributed by atoms with van der Waals surface area (Å²) in [4.78, 5) is 2.17. The summed E-state index contributed by atoms with van der Waals surface area (Å²) in [5.74, 6) is 0. The molecule has 2 aromatic rings. The Balaban J connectivity index is 2.51. The molecule has 0 aliphatic rings. The quantitative estimate of drug-likeness (QED) is 0.581. The molecule has 0 N–H and O–H groups in total. The fourth-order valence-corrected chi connectivity index (χ4v) is 3.07. The first-order valence-electron chi connectivity index (χ1n) is 4.32. The third kappa shape index (κ3) is 2.00. The summed E-state index contributed by atoms with van der Waals surface area (Å²) < 4.78 is 1.31. The number of allylic oxidation sites excluding steroid dienone is 1. The van der Waals surface area contributed by atoms with Crippen molar-refractivity contribution in [3.8, 4) is 12.1 Å². The van der Waals surface area contributed by atoms with Crippen LogP contribution in [-0.4, -0.2) is 14.5 Å². The van der Waals surface area contributed by atoms with E-state index in [0.29, 0.717) is 14.5 Å². The number of hydrogen-bond donors (Lipinski definition) is 0. The van der Waals surface area contributed by atoms with E-state index in [0.717, 1.165) is 5.56 Å². The van der Waals surface area contributed by atoms with Crippen LogP contribution in [0.2, 0.25) is 0 Å². The van der Waals surface area contributed by atoms with E-state index in [1.807, 2.05) is 30.3 Å². The van der Waals surface area contributed by atoms with E-state index in [-0.39, 0.29) is 5.57 Å². The van der Waals surface area contributed by atoms with Gasteiger partial charge >= 0.3 is 93.2 Å². The zero-order valence-electron chi connectivity index (χ0n) is 7.77. The Morgan fingerprint density at radius 2 is 2.00 bits per heavy atom. The van der Waals surface area contributed by atoms with Crippen LogP contribution in [0.25, 0.3) is 15.7 Å². The second-order valence-electron chi connectivity index (χ2n) is 3.00. The minimum absolute atomic E-state index is 0.147. The predicted octanol–water partition coefficient (Wildman–Crippen LogP) is 2.33. The second-order valence-corrected chi connectivity index (χ2v) is 4.99. The maximum atomic E-state index is 8.63. The van der Waals surface area contributed by atoms with Gasteiger partial charge in [0.25, 0.3) is 0 Å². The zero-order valence-corrected chi connectivity index (χ0v) is 9.48. The Morgan fingerprint density at radius 3 is 2.73 bits per heavy atom. The van der Waals surface area contributed by atoms with Crippen molar-refractivity contribution >= 4 is 30.2 Å². The van der Waals surface area contributed by atoms with Crippen molar-refractivity contribution in [3.63, 3.8) is 0 Å². The monoisotopic (exact) mass is 258 g/mol. The van der Waals surface area contributed by atoms with Gasteiger partial charge in [0.15, 0.2) is 0 Å². The average Bonchev–Trinajstić information content (AvgIpc) is 2.73. The van der Waals surface area contributed by atoms with Gasteiger partial charge in [-0.05, 0) is 0 Å². The van der Waals surface area contributed by atoms with Gasteiger partial charge in [0.05, 0.1) is 0 Å². The van der Waals surface area contributed by atoms with E-state index < -0.39 is 0 Å². The molecule has 0 amide bonds. The van der Waals surface area contributed by atoms with Crippen LogP contribution in [0.5, 0.6) is 0 Å². The van der Waals surface area contributed by atoms with Crippen LogP contribution in [0.3, 0.4) is 0 Å². The molecule has 3 heteroatoms. The number of benzene rings is 1. The Bertz CT molecular complexity index is 592. The SMILES string of the molecule is N#CC(C#N)=Cc1ccc2cc[se]c2c1. The zero-order chi connectivity index (χ0) is 10.7. The number of fused-ring (bicyclic) bond motifs is 1. The van der Waals surface area contributed by atoms with E-state index in [9.17, 15) is 0 Å². The van der Waals surface area contributed by atoms with Crippen LogP contribution in [-0.2, 0) is 0 Å². The standard InChI is InChI=1S/C12H6N2Se/c13-7-10(8-14)5-9-1-2-11-3-4-15-12(11)6-9/h1-6H. The van der Waals surface area contributed by atoms with Gasteiger partial charge in [0.1, 0.15) is 0 Å².